The lowest BCUT2D eigenvalue weighted by Crippen LogP contribution is -2.49. The van der Waals surface area contributed by atoms with Gasteiger partial charge in [-0.15, -0.1) is 0 Å². The number of primary amides is 1. The summed E-state index contributed by atoms with van der Waals surface area (Å²) in [5, 5.41) is 13.2. The number of nitrogens with two attached hydrogens (primary N) is 1. The number of hydrogen-bond donors (Lipinski definition) is 2. The molecule has 30 heavy (non-hydrogen) atoms. The summed E-state index contributed by atoms with van der Waals surface area (Å²) < 4.78 is 18.9. The molecule has 2 aromatic rings. The van der Waals surface area contributed by atoms with E-state index in [1.165, 1.54) is 42.5 Å². The molecule has 0 aliphatic heterocycles. The molecule has 2 amide bonds. The molecule has 3 N–H and O–H groups in total. The molecular weight excluding hydrogens is 397 g/mol. The Morgan fingerprint density at radius 2 is 1.80 bits per heavy atom. The van der Waals surface area contributed by atoms with Crippen molar-refractivity contribution in [3.05, 3.63) is 75.6 Å². The van der Waals surface area contributed by atoms with Gasteiger partial charge in [0.15, 0.2) is 0 Å². The first-order chi connectivity index (χ1) is 14.2. The number of halogens is 1. The lowest BCUT2D eigenvalue weighted by molar-refractivity contribution is -0.384. The van der Waals surface area contributed by atoms with E-state index in [1.807, 2.05) is 0 Å². The summed E-state index contributed by atoms with van der Waals surface area (Å²) in [4.78, 5) is 47.0. The number of benzene rings is 2. The van der Waals surface area contributed by atoms with E-state index in [0.29, 0.717) is 5.56 Å². The largest absolute Gasteiger partial charge is 0.466 e. The second kappa shape index (κ2) is 10.1. The highest BCUT2D eigenvalue weighted by atomic mass is 19.1. The van der Waals surface area contributed by atoms with Crippen LogP contribution < -0.4 is 11.1 Å². The number of esters is 1. The molecule has 0 aromatic heterocycles. The highest BCUT2D eigenvalue weighted by Crippen LogP contribution is 2.27. The third-order valence-electron chi connectivity index (χ3n) is 4.34. The van der Waals surface area contributed by atoms with Gasteiger partial charge in [-0.1, -0.05) is 24.3 Å². The number of nitrogens with zero attached hydrogens (tertiary/aromatic N) is 1. The lowest BCUT2D eigenvalue weighted by Gasteiger charge is -2.25. The summed E-state index contributed by atoms with van der Waals surface area (Å²) in [6.07, 6.45) is -0.336. The van der Waals surface area contributed by atoms with Gasteiger partial charge >= 0.3 is 5.97 Å². The van der Waals surface area contributed by atoms with Crippen molar-refractivity contribution in [2.75, 3.05) is 6.61 Å². The van der Waals surface area contributed by atoms with Crippen LogP contribution in [0.4, 0.5) is 10.1 Å². The van der Waals surface area contributed by atoms with Gasteiger partial charge in [0.05, 0.1) is 23.5 Å². The first-order valence-corrected chi connectivity index (χ1v) is 8.99. The molecular formula is C20H20FN3O6. The van der Waals surface area contributed by atoms with Crippen LogP contribution >= 0.6 is 0 Å². The highest BCUT2D eigenvalue weighted by molar-refractivity contribution is 5.98. The third-order valence-corrected chi connectivity index (χ3v) is 4.34. The van der Waals surface area contributed by atoms with Crippen LogP contribution in [-0.4, -0.2) is 35.4 Å². The Morgan fingerprint density at radius 3 is 2.33 bits per heavy atom. The Labute approximate surface area is 171 Å². The molecule has 0 fully saturated rings. The maximum absolute atomic E-state index is 13.9. The summed E-state index contributed by atoms with van der Waals surface area (Å²) in [5.74, 6) is -4.30. The van der Waals surface area contributed by atoms with Gasteiger partial charge in [-0.05, 0) is 24.6 Å². The summed E-state index contributed by atoms with van der Waals surface area (Å²) in [6.45, 7) is 1.69. The number of carbonyl (C=O) groups excluding carboxylic acids is 3. The molecule has 10 heteroatoms. The van der Waals surface area contributed by atoms with Crippen LogP contribution in [0.3, 0.4) is 0 Å². The Balaban J connectivity index is 2.39. The number of nitro groups is 1. The van der Waals surface area contributed by atoms with E-state index in [1.54, 1.807) is 6.92 Å². The smallest absolute Gasteiger partial charge is 0.306 e. The van der Waals surface area contributed by atoms with Gasteiger partial charge in [-0.2, -0.15) is 0 Å². The second-order valence-corrected chi connectivity index (χ2v) is 6.30. The predicted molar refractivity (Wildman–Crippen MR) is 104 cm³/mol. The average Bonchev–Trinajstić information content (AvgIpc) is 2.70. The van der Waals surface area contributed by atoms with Crippen LogP contribution in [0, 0.1) is 15.9 Å². The van der Waals surface area contributed by atoms with Crippen molar-refractivity contribution in [3.63, 3.8) is 0 Å². The summed E-state index contributed by atoms with van der Waals surface area (Å²) in [6, 6.07) is 8.87. The van der Waals surface area contributed by atoms with Gasteiger partial charge in [-0.25, -0.2) is 4.39 Å². The zero-order chi connectivity index (χ0) is 22.3. The Kier molecular flexibility index (Phi) is 7.56. The van der Waals surface area contributed by atoms with E-state index in [4.69, 9.17) is 10.5 Å². The van der Waals surface area contributed by atoms with E-state index >= 15 is 0 Å². The van der Waals surface area contributed by atoms with E-state index in [2.05, 4.69) is 5.32 Å². The number of rotatable bonds is 9. The van der Waals surface area contributed by atoms with Crippen LogP contribution in [0.25, 0.3) is 0 Å². The van der Waals surface area contributed by atoms with Gasteiger partial charge in [0.2, 0.25) is 5.91 Å². The van der Waals surface area contributed by atoms with Gasteiger partial charge in [-0.3, -0.25) is 24.5 Å². The molecule has 0 bridgehead atoms. The number of nitrogens with one attached hydrogen (secondary N) is 1. The lowest BCUT2D eigenvalue weighted by atomic mass is 9.87. The number of hydrogen-bond acceptors (Lipinski definition) is 6. The van der Waals surface area contributed by atoms with E-state index in [9.17, 15) is 28.9 Å². The van der Waals surface area contributed by atoms with Crippen molar-refractivity contribution >= 4 is 23.5 Å². The minimum Gasteiger partial charge on any atom is -0.466 e. The number of ether oxygens (including phenoxy) is 1. The quantitative estimate of drug-likeness (QED) is 0.363. The fraction of sp³-hybridized carbons (Fsp3) is 0.250. The van der Waals surface area contributed by atoms with E-state index < -0.39 is 40.5 Å². The van der Waals surface area contributed by atoms with Crippen molar-refractivity contribution in [1.29, 1.82) is 0 Å². The van der Waals surface area contributed by atoms with Crippen LogP contribution in [-0.2, 0) is 14.3 Å². The number of amides is 2. The van der Waals surface area contributed by atoms with Crippen LogP contribution in [0.2, 0.25) is 0 Å². The van der Waals surface area contributed by atoms with Crippen molar-refractivity contribution < 1.29 is 28.4 Å². The molecule has 9 nitrogen and oxygen atoms in total. The Morgan fingerprint density at radius 1 is 1.17 bits per heavy atom. The first-order valence-electron chi connectivity index (χ1n) is 8.99. The predicted octanol–water partition coefficient (Wildman–Crippen LogP) is 2.05. The van der Waals surface area contributed by atoms with Crippen molar-refractivity contribution in [2.45, 2.75) is 25.3 Å². The molecule has 0 aliphatic rings. The molecule has 0 heterocycles. The minimum absolute atomic E-state index is 0.0919. The maximum atomic E-state index is 13.9. The Bertz CT molecular complexity index is 948. The van der Waals surface area contributed by atoms with Crippen LogP contribution in [0.1, 0.15) is 35.2 Å². The number of nitro benzene ring substituents is 1. The molecule has 2 rings (SSSR count). The molecule has 0 saturated heterocycles. The van der Waals surface area contributed by atoms with Gasteiger partial charge in [0.25, 0.3) is 11.6 Å². The van der Waals surface area contributed by atoms with Crippen molar-refractivity contribution in [2.24, 2.45) is 5.73 Å². The summed E-state index contributed by atoms with van der Waals surface area (Å²) in [5.41, 5.74) is 5.30. The first kappa shape index (κ1) is 22.5. The van der Waals surface area contributed by atoms with Crippen LogP contribution in [0.15, 0.2) is 48.5 Å². The Hall–Kier alpha value is -3.82. The minimum atomic E-state index is -1.40. The van der Waals surface area contributed by atoms with Gasteiger partial charge in [0, 0.05) is 18.1 Å². The molecule has 0 saturated carbocycles. The fourth-order valence-corrected chi connectivity index (χ4v) is 2.91. The molecule has 0 aliphatic carbocycles. The standard InChI is InChI=1S/C20H20FN3O6/c1-2-30-17(25)11-15(12-7-9-13(10-8-12)24(28)29)18(19(22)26)23-20(27)14-5-3-4-6-16(14)21/h3-10,15,18H,2,11H2,1H3,(H2,22,26)(H,23,27)/t15-,18+/m1/s1. The summed E-state index contributed by atoms with van der Waals surface area (Å²) >= 11 is 0. The average molecular weight is 417 g/mol. The molecule has 0 spiro atoms. The number of carbonyl (C=O) groups is 3. The monoisotopic (exact) mass is 417 g/mol. The van der Waals surface area contributed by atoms with Crippen molar-refractivity contribution in [3.8, 4) is 0 Å². The SMILES string of the molecule is CCOC(=O)C[C@H](c1ccc([N+](=O)[O-])cc1)[C@H](NC(=O)c1ccccc1F)C(N)=O. The third kappa shape index (κ3) is 5.60. The van der Waals surface area contributed by atoms with Crippen LogP contribution in [0.5, 0.6) is 0 Å². The van der Waals surface area contributed by atoms with Gasteiger partial charge < -0.3 is 15.8 Å². The second-order valence-electron chi connectivity index (χ2n) is 6.30. The molecule has 0 radical (unpaired) electrons. The number of non-ortho nitro benzene ring substituents is 1. The maximum Gasteiger partial charge on any atom is 0.306 e. The topological polar surface area (TPSA) is 142 Å². The zero-order valence-electron chi connectivity index (χ0n) is 16.0. The van der Waals surface area contributed by atoms with Crippen molar-refractivity contribution in [1.82, 2.24) is 5.32 Å². The normalized spacial score (nSPS) is 12.5. The summed E-state index contributed by atoms with van der Waals surface area (Å²) in [7, 11) is 0. The zero-order valence-corrected chi connectivity index (χ0v) is 16.0. The molecule has 158 valence electrons. The fourth-order valence-electron chi connectivity index (χ4n) is 2.91. The molecule has 0 unspecified atom stereocenters. The van der Waals surface area contributed by atoms with Gasteiger partial charge in [0.1, 0.15) is 11.9 Å². The molecule has 2 atom stereocenters. The van der Waals surface area contributed by atoms with E-state index in [-0.39, 0.29) is 24.3 Å². The highest BCUT2D eigenvalue weighted by Gasteiger charge is 2.33. The van der Waals surface area contributed by atoms with E-state index in [0.717, 1.165) is 6.07 Å². The molecule has 2 aromatic carbocycles.